The second kappa shape index (κ2) is 12.3. The first-order valence-corrected chi connectivity index (χ1v) is 13.4. The fourth-order valence-electron chi connectivity index (χ4n) is 4.82. The largest absolute Gasteiger partial charge is 0.573 e. The van der Waals surface area contributed by atoms with Gasteiger partial charge in [0.05, 0.1) is 5.52 Å². The van der Waals surface area contributed by atoms with Crippen molar-refractivity contribution >= 4 is 38.6 Å². The number of aryl methyl sites for hydroxylation is 1. The molecule has 1 heterocycles. The van der Waals surface area contributed by atoms with Gasteiger partial charge in [-0.1, -0.05) is 34.1 Å². The molecule has 200 valence electrons. The minimum atomic E-state index is -4.70. The molecule has 0 spiro atoms. The molecule has 2 N–H and O–H groups in total. The third-order valence-corrected chi connectivity index (χ3v) is 7.17. The van der Waals surface area contributed by atoms with Crippen LogP contribution in [0.1, 0.15) is 37.7 Å². The van der Waals surface area contributed by atoms with Gasteiger partial charge in [-0.05, 0) is 87.4 Å². The summed E-state index contributed by atoms with van der Waals surface area (Å²) in [5.74, 6) is 2.03. The fraction of sp³-hybridized carbons (Fsp3) is 0.481. The summed E-state index contributed by atoms with van der Waals surface area (Å²) in [6.07, 6.45) is 0.873. The number of fused-ring (bicyclic) bond motifs is 1. The van der Waals surface area contributed by atoms with Gasteiger partial charge in [0.15, 0.2) is 0 Å². The fourth-order valence-corrected chi connectivity index (χ4v) is 5.16. The normalized spacial score (nSPS) is 18.1. The molecule has 37 heavy (non-hydrogen) atoms. The van der Waals surface area contributed by atoms with Gasteiger partial charge in [-0.15, -0.1) is 13.2 Å². The second-order valence-electron chi connectivity index (χ2n) is 9.75. The number of halogens is 4. The van der Waals surface area contributed by atoms with E-state index in [0.717, 1.165) is 61.9 Å². The first-order chi connectivity index (χ1) is 17.7. The Balaban J connectivity index is 1.20. The number of ether oxygens (including phenoxy) is 1. The molecule has 6 nitrogen and oxygen atoms in total. The molecule has 0 bridgehead atoms. The Hall–Kier alpha value is -2.59. The standard InChI is InChI=1S/C27H33BrF3N5O/c1-36(2)25-22-7-3-4-8-23(22)34-26(35-25)33-21-13-9-18(10-14-21)17-32-15-5-6-19-11-12-20(28)16-24(19)37-27(29,30)31/h3-4,7-8,11-12,16,18,21,32H,5-6,9-10,13-15,17H2,1-2H3,(H,33,34,35). The van der Waals surface area contributed by atoms with Crippen molar-refractivity contribution in [2.24, 2.45) is 5.92 Å². The van der Waals surface area contributed by atoms with E-state index in [4.69, 9.17) is 9.97 Å². The van der Waals surface area contributed by atoms with E-state index in [1.54, 1.807) is 12.1 Å². The second-order valence-corrected chi connectivity index (χ2v) is 10.7. The molecule has 4 rings (SSSR count). The van der Waals surface area contributed by atoms with E-state index in [2.05, 4.69) is 31.3 Å². The first kappa shape index (κ1) is 27.4. The number of rotatable bonds is 10. The van der Waals surface area contributed by atoms with Crippen molar-refractivity contribution in [1.82, 2.24) is 15.3 Å². The molecule has 0 saturated heterocycles. The molecular weight excluding hydrogens is 547 g/mol. The lowest BCUT2D eigenvalue weighted by Gasteiger charge is -2.29. The van der Waals surface area contributed by atoms with E-state index in [9.17, 15) is 13.2 Å². The van der Waals surface area contributed by atoms with Gasteiger partial charge in [-0.2, -0.15) is 4.98 Å². The van der Waals surface area contributed by atoms with Crippen molar-refractivity contribution in [3.63, 3.8) is 0 Å². The summed E-state index contributed by atoms with van der Waals surface area (Å²) in [7, 11) is 3.98. The van der Waals surface area contributed by atoms with Crippen LogP contribution in [0.5, 0.6) is 5.75 Å². The first-order valence-electron chi connectivity index (χ1n) is 12.6. The van der Waals surface area contributed by atoms with Gasteiger partial charge in [0.1, 0.15) is 11.6 Å². The molecule has 0 radical (unpaired) electrons. The highest BCUT2D eigenvalue weighted by Crippen LogP contribution is 2.31. The lowest BCUT2D eigenvalue weighted by Crippen LogP contribution is -2.32. The van der Waals surface area contributed by atoms with Crippen LogP contribution in [0.3, 0.4) is 0 Å². The highest BCUT2D eigenvalue weighted by atomic mass is 79.9. The van der Waals surface area contributed by atoms with E-state index < -0.39 is 6.36 Å². The third kappa shape index (κ3) is 7.95. The van der Waals surface area contributed by atoms with Crippen LogP contribution < -0.4 is 20.3 Å². The number of anilines is 2. The van der Waals surface area contributed by atoms with Crippen LogP contribution in [0, 0.1) is 5.92 Å². The molecule has 1 aromatic heterocycles. The average molecular weight is 580 g/mol. The smallest absolute Gasteiger partial charge is 0.405 e. The zero-order valence-corrected chi connectivity index (χ0v) is 22.7. The lowest BCUT2D eigenvalue weighted by atomic mass is 9.86. The minimum absolute atomic E-state index is 0.138. The zero-order valence-electron chi connectivity index (χ0n) is 21.1. The number of nitrogens with one attached hydrogen (secondary N) is 2. The molecule has 0 aliphatic heterocycles. The minimum Gasteiger partial charge on any atom is -0.405 e. The third-order valence-electron chi connectivity index (χ3n) is 6.67. The van der Waals surface area contributed by atoms with Crippen molar-refractivity contribution in [3.8, 4) is 5.75 Å². The maximum absolute atomic E-state index is 12.7. The number of hydrogen-bond acceptors (Lipinski definition) is 6. The monoisotopic (exact) mass is 579 g/mol. The summed E-state index contributed by atoms with van der Waals surface area (Å²) in [6, 6.07) is 13.2. The quantitative estimate of drug-likeness (QED) is 0.265. The molecule has 1 aliphatic rings. The maximum atomic E-state index is 12.7. The summed E-state index contributed by atoms with van der Waals surface area (Å²) in [4.78, 5) is 11.5. The van der Waals surface area contributed by atoms with Gasteiger partial charge in [-0.3, -0.25) is 0 Å². The Morgan fingerprint density at radius 2 is 1.81 bits per heavy atom. The number of aromatic nitrogens is 2. The molecule has 0 atom stereocenters. The predicted octanol–water partition coefficient (Wildman–Crippen LogP) is 6.55. The molecule has 10 heteroatoms. The molecular formula is C27H33BrF3N5O. The number of benzene rings is 2. The van der Waals surface area contributed by atoms with Crippen LogP contribution in [-0.2, 0) is 6.42 Å². The molecule has 0 unspecified atom stereocenters. The SMILES string of the molecule is CN(C)c1nc(NC2CCC(CNCCCc3ccc(Br)cc3OC(F)(F)F)CC2)nc2ccccc12. The van der Waals surface area contributed by atoms with Gasteiger partial charge < -0.3 is 20.3 Å². The Morgan fingerprint density at radius 3 is 2.54 bits per heavy atom. The number of nitrogens with zero attached hydrogens (tertiary/aromatic N) is 3. The van der Waals surface area contributed by atoms with Crippen molar-refractivity contribution in [2.75, 3.05) is 37.4 Å². The summed E-state index contributed by atoms with van der Waals surface area (Å²) in [5.41, 5.74) is 1.49. The van der Waals surface area contributed by atoms with Gasteiger partial charge in [-0.25, -0.2) is 4.98 Å². The van der Waals surface area contributed by atoms with E-state index >= 15 is 0 Å². The van der Waals surface area contributed by atoms with Gasteiger partial charge in [0.2, 0.25) is 5.95 Å². The van der Waals surface area contributed by atoms with Crippen LogP contribution in [0.25, 0.3) is 10.9 Å². The highest BCUT2D eigenvalue weighted by Gasteiger charge is 2.32. The van der Waals surface area contributed by atoms with Gasteiger partial charge in [0, 0.05) is 30.0 Å². The van der Waals surface area contributed by atoms with Gasteiger partial charge >= 0.3 is 6.36 Å². The molecule has 2 aromatic carbocycles. The van der Waals surface area contributed by atoms with Crippen LogP contribution in [-0.4, -0.2) is 49.6 Å². The topological polar surface area (TPSA) is 62.3 Å². The molecule has 1 saturated carbocycles. The zero-order chi connectivity index (χ0) is 26.4. The van der Waals surface area contributed by atoms with Gasteiger partial charge in [0.25, 0.3) is 0 Å². The van der Waals surface area contributed by atoms with E-state index in [1.165, 1.54) is 6.07 Å². The van der Waals surface area contributed by atoms with E-state index in [0.29, 0.717) is 34.4 Å². The van der Waals surface area contributed by atoms with Crippen LogP contribution in [0.2, 0.25) is 0 Å². The average Bonchev–Trinajstić information content (AvgIpc) is 2.84. The molecule has 1 fully saturated rings. The van der Waals surface area contributed by atoms with Crippen molar-refractivity contribution in [1.29, 1.82) is 0 Å². The maximum Gasteiger partial charge on any atom is 0.573 e. The molecule has 1 aliphatic carbocycles. The Bertz CT molecular complexity index is 1180. The summed E-state index contributed by atoms with van der Waals surface area (Å²) >= 11 is 3.21. The Morgan fingerprint density at radius 1 is 1.05 bits per heavy atom. The lowest BCUT2D eigenvalue weighted by molar-refractivity contribution is -0.274. The number of alkyl halides is 3. The Labute approximate surface area is 224 Å². The van der Waals surface area contributed by atoms with Crippen LogP contribution in [0.4, 0.5) is 24.9 Å². The Kier molecular flexibility index (Phi) is 9.13. The number of para-hydroxylation sites is 1. The van der Waals surface area contributed by atoms with Crippen molar-refractivity contribution in [3.05, 3.63) is 52.5 Å². The summed E-state index contributed by atoms with van der Waals surface area (Å²) in [6.45, 7) is 1.66. The molecule has 0 amide bonds. The predicted molar refractivity (Wildman–Crippen MR) is 145 cm³/mol. The molecule has 3 aromatic rings. The summed E-state index contributed by atoms with van der Waals surface area (Å²) in [5, 5.41) is 8.07. The van der Waals surface area contributed by atoms with E-state index in [1.807, 2.05) is 43.3 Å². The highest BCUT2D eigenvalue weighted by molar-refractivity contribution is 9.10. The van der Waals surface area contributed by atoms with E-state index in [-0.39, 0.29) is 5.75 Å². The number of hydrogen-bond donors (Lipinski definition) is 2. The van der Waals surface area contributed by atoms with Crippen molar-refractivity contribution < 1.29 is 17.9 Å². The van der Waals surface area contributed by atoms with Crippen LogP contribution >= 0.6 is 15.9 Å². The van der Waals surface area contributed by atoms with Crippen LogP contribution in [0.15, 0.2) is 46.9 Å². The van der Waals surface area contributed by atoms with Crippen molar-refractivity contribution in [2.45, 2.75) is 50.9 Å². The summed E-state index contributed by atoms with van der Waals surface area (Å²) < 4.78 is 42.8.